The van der Waals surface area contributed by atoms with Gasteiger partial charge in [0, 0.05) is 29.8 Å². The molecule has 33 heavy (non-hydrogen) atoms. The predicted octanol–water partition coefficient (Wildman–Crippen LogP) is 5.87. The van der Waals surface area contributed by atoms with Gasteiger partial charge in [-0.1, -0.05) is 32.0 Å². The van der Waals surface area contributed by atoms with E-state index in [2.05, 4.69) is 28.5 Å². The largest absolute Gasteiger partial charge is 0.453 e. The molecule has 0 aliphatic rings. The molecular formula is C24H24FN3O3S2. The summed E-state index contributed by atoms with van der Waals surface area (Å²) >= 11 is 1.57. The monoisotopic (exact) mass is 485 g/mol. The SMILES string of the molecule is CCN(CC)Cc1cc2nccc(Oc3ccc(NS(=O)(=O)c4ccccc4)cc3F)c2s1. The van der Waals surface area contributed by atoms with Gasteiger partial charge in [0.05, 0.1) is 20.8 Å². The summed E-state index contributed by atoms with van der Waals surface area (Å²) in [6.45, 7) is 6.96. The second kappa shape index (κ2) is 9.86. The molecule has 6 nitrogen and oxygen atoms in total. The number of pyridine rings is 1. The molecule has 0 bridgehead atoms. The van der Waals surface area contributed by atoms with Crippen molar-refractivity contribution in [2.75, 3.05) is 17.8 Å². The zero-order valence-corrected chi connectivity index (χ0v) is 19.9. The van der Waals surface area contributed by atoms with Crippen LogP contribution in [0.25, 0.3) is 10.2 Å². The van der Waals surface area contributed by atoms with Gasteiger partial charge in [0.15, 0.2) is 11.6 Å². The first-order valence-electron chi connectivity index (χ1n) is 10.5. The van der Waals surface area contributed by atoms with Crippen molar-refractivity contribution in [3.05, 3.63) is 77.6 Å². The first-order valence-corrected chi connectivity index (χ1v) is 12.8. The Morgan fingerprint density at radius 3 is 2.48 bits per heavy atom. The maximum absolute atomic E-state index is 14.8. The smallest absolute Gasteiger partial charge is 0.261 e. The molecule has 4 aromatic rings. The summed E-state index contributed by atoms with van der Waals surface area (Å²) in [5.41, 5.74) is 0.911. The zero-order valence-electron chi connectivity index (χ0n) is 18.3. The third kappa shape index (κ3) is 5.32. The number of nitrogens with one attached hydrogen (secondary N) is 1. The highest BCUT2D eigenvalue weighted by atomic mass is 32.2. The Bertz CT molecular complexity index is 1350. The van der Waals surface area contributed by atoms with Crippen molar-refractivity contribution in [1.29, 1.82) is 0 Å². The first-order chi connectivity index (χ1) is 15.9. The number of aromatic nitrogens is 1. The fourth-order valence-electron chi connectivity index (χ4n) is 3.37. The quantitative estimate of drug-likeness (QED) is 0.321. The average molecular weight is 486 g/mol. The number of anilines is 1. The van der Waals surface area contributed by atoms with Crippen molar-refractivity contribution in [1.82, 2.24) is 9.88 Å². The summed E-state index contributed by atoms with van der Waals surface area (Å²) in [5, 5.41) is 0. The number of sulfonamides is 1. The lowest BCUT2D eigenvalue weighted by Crippen LogP contribution is -2.21. The van der Waals surface area contributed by atoms with E-state index in [1.807, 2.05) is 6.07 Å². The van der Waals surface area contributed by atoms with E-state index < -0.39 is 15.8 Å². The van der Waals surface area contributed by atoms with Crippen LogP contribution in [0, 0.1) is 5.82 Å². The minimum absolute atomic E-state index is 0.00357. The van der Waals surface area contributed by atoms with Crippen molar-refractivity contribution in [3.8, 4) is 11.5 Å². The molecule has 4 rings (SSSR count). The van der Waals surface area contributed by atoms with Gasteiger partial charge in [-0.15, -0.1) is 11.3 Å². The van der Waals surface area contributed by atoms with Gasteiger partial charge in [-0.25, -0.2) is 12.8 Å². The van der Waals surface area contributed by atoms with E-state index in [9.17, 15) is 12.8 Å². The maximum Gasteiger partial charge on any atom is 0.261 e. The van der Waals surface area contributed by atoms with Crippen molar-refractivity contribution in [2.24, 2.45) is 0 Å². The molecule has 2 aromatic carbocycles. The molecule has 0 radical (unpaired) electrons. The zero-order chi connectivity index (χ0) is 23.4. The molecule has 0 fully saturated rings. The van der Waals surface area contributed by atoms with Gasteiger partial charge < -0.3 is 4.74 Å². The number of fused-ring (bicyclic) bond motifs is 1. The summed E-state index contributed by atoms with van der Waals surface area (Å²) in [6.07, 6.45) is 1.63. The number of hydrogen-bond donors (Lipinski definition) is 1. The van der Waals surface area contributed by atoms with E-state index >= 15 is 0 Å². The van der Waals surface area contributed by atoms with Crippen LogP contribution in [0.15, 0.2) is 71.8 Å². The molecular weight excluding hydrogens is 461 g/mol. The first kappa shape index (κ1) is 23.2. The molecule has 1 N–H and O–H groups in total. The van der Waals surface area contributed by atoms with Crippen LogP contribution >= 0.6 is 11.3 Å². The Morgan fingerprint density at radius 1 is 1.03 bits per heavy atom. The van der Waals surface area contributed by atoms with Crippen LogP contribution in [-0.4, -0.2) is 31.4 Å². The number of ether oxygens (including phenoxy) is 1. The fourth-order valence-corrected chi connectivity index (χ4v) is 5.55. The van der Waals surface area contributed by atoms with E-state index in [4.69, 9.17) is 4.74 Å². The lowest BCUT2D eigenvalue weighted by Gasteiger charge is -2.16. The van der Waals surface area contributed by atoms with Crippen molar-refractivity contribution in [2.45, 2.75) is 25.3 Å². The van der Waals surface area contributed by atoms with E-state index in [0.29, 0.717) is 5.75 Å². The molecule has 0 amide bonds. The van der Waals surface area contributed by atoms with Gasteiger partial charge in [0.25, 0.3) is 10.0 Å². The fraction of sp³-hybridized carbons (Fsp3) is 0.208. The predicted molar refractivity (Wildman–Crippen MR) is 130 cm³/mol. The molecule has 9 heteroatoms. The van der Waals surface area contributed by atoms with Crippen molar-refractivity contribution >= 4 is 37.3 Å². The highest BCUT2D eigenvalue weighted by Gasteiger charge is 2.16. The number of rotatable bonds is 9. The van der Waals surface area contributed by atoms with Crippen LogP contribution in [0.5, 0.6) is 11.5 Å². The second-order valence-electron chi connectivity index (χ2n) is 7.36. The summed E-state index contributed by atoms with van der Waals surface area (Å²) in [7, 11) is -3.81. The topological polar surface area (TPSA) is 71.5 Å². The summed E-state index contributed by atoms with van der Waals surface area (Å²) in [6, 6.07) is 15.6. The average Bonchev–Trinajstić information content (AvgIpc) is 3.23. The Kier molecular flexibility index (Phi) is 6.92. The molecule has 2 heterocycles. The lowest BCUT2D eigenvalue weighted by molar-refractivity contribution is 0.298. The highest BCUT2D eigenvalue weighted by Crippen LogP contribution is 2.36. The standard InChI is InChI=1S/C24H24FN3O3S2/c1-3-28(4-2)16-18-15-21-24(32-18)23(12-13-26-21)31-22-11-10-17(14-20(22)25)27-33(29,30)19-8-6-5-7-9-19/h5-15,27H,3-4,16H2,1-2H3. The maximum atomic E-state index is 14.8. The summed E-state index contributed by atoms with van der Waals surface area (Å²) in [5.74, 6) is -0.163. The summed E-state index contributed by atoms with van der Waals surface area (Å²) in [4.78, 5) is 7.97. The third-order valence-corrected chi connectivity index (χ3v) is 7.68. The van der Waals surface area contributed by atoms with Gasteiger partial charge in [-0.2, -0.15) is 0 Å². The van der Waals surface area contributed by atoms with E-state index in [-0.39, 0.29) is 16.3 Å². The number of halogens is 1. The lowest BCUT2D eigenvalue weighted by atomic mass is 10.3. The highest BCUT2D eigenvalue weighted by molar-refractivity contribution is 7.92. The summed E-state index contributed by atoms with van der Waals surface area (Å²) < 4.78 is 48.9. The number of benzene rings is 2. The number of hydrogen-bond acceptors (Lipinski definition) is 6. The molecule has 0 saturated heterocycles. The Labute approximate surface area is 196 Å². The molecule has 2 aromatic heterocycles. The Morgan fingerprint density at radius 2 is 1.79 bits per heavy atom. The molecule has 0 atom stereocenters. The number of thiophene rings is 1. The van der Waals surface area contributed by atoms with Crippen LogP contribution in [0.4, 0.5) is 10.1 Å². The Hall–Kier alpha value is -3.01. The normalized spacial score (nSPS) is 11.8. The molecule has 0 saturated carbocycles. The minimum Gasteiger partial charge on any atom is -0.453 e. The minimum atomic E-state index is -3.81. The van der Waals surface area contributed by atoms with Crippen LogP contribution < -0.4 is 9.46 Å². The van der Waals surface area contributed by atoms with E-state index in [0.717, 1.165) is 40.8 Å². The van der Waals surface area contributed by atoms with Crippen LogP contribution in [-0.2, 0) is 16.6 Å². The molecule has 0 unspecified atom stereocenters. The molecule has 172 valence electrons. The third-order valence-electron chi connectivity index (χ3n) is 5.16. The van der Waals surface area contributed by atoms with Crippen LogP contribution in [0.3, 0.4) is 0 Å². The van der Waals surface area contributed by atoms with Gasteiger partial charge in [0.1, 0.15) is 5.75 Å². The van der Waals surface area contributed by atoms with Crippen molar-refractivity contribution < 1.29 is 17.5 Å². The van der Waals surface area contributed by atoms with Gasteiger partial charge >= 0.3 is 0 Å². The van der Waals surface area contributed by atoms with Crippen LogP contribution in [0.2, 0.25) is 0 Å². The van der Waals surface area contributed by atoms with Gasteiger partial charge in [-0.3, -0.25) is 14.6 Å². The molecule has 0 spiro atoms. The van der Waals surface area contributed by atoms with E-state index in [1.165, 1.54) is 24.3 Å². The van der Waals surface area contributed by atoms with E-state index in [1.54, 1.807) is 41.8 Å². The van der Waals surface area contributed by atoms with Crippen molar-refractivity contribution in [3.63, 3.8) is 0 Å². The van der Waals surface area contributed by atoms with Gasteiger partial charge in [-0.05, 0) is 43.4 Å². The van der Waals surface area contributed by atoms with Crippen LogP contribution in [0.1, 0.15) is 18.7 Å². The number of nitrogens with zero attached hydrogens (tertiary/aromatic N) is 2. The molecule has 0 aliphatic carbocycles. The molecule has 0 aliphatic heterocycles. The Balaban J connectivity index is 1.55. The second-order valence-corrected chi connectivity index (χ2v) is 10.2. The van der Waals surface area contributed by atoms with Gasteiger partial charge in [0.2, 0.25) is 0 Å².